The summed E-state index contributed by atoms with van der Waals surface area (Å²) < 4.78 is 15.1. The van der Waals surface area contributed by atoms with E-state index in [0.29, 0.717) is 23.0 Å². The number of thioether (sulfide) groups is 1. The molecule has 1 aromatic carbocycles. The molecule has 0 saturated heterocycles. The third-order valence-electron chi connectivity index (χ3n) is 2.28. The van der Waals surface area contributed by atoms with Gasteiger partial charge in [0.05, 0.1) is 0 Å². The summed E-state index contributed by atoms with van der Waals surface area (Å²) in [7, 11) is 1.75. The molecule has 2 rings (SSSR count). The molecule has 0 fully saturated rings. The number of benzene rings is 1. The summed E-state index contributed by atoms with van der Waals surface area (Å²) in [4.78, 5) is 0. The number of hydrogen-bond donors (Lipinski definition) is 1. The first-order valence-electron chi connectivity index (χ1n) is 5.03. The molecule has 0 saturated carbocycles. The normalized spacial score (nSPS) is 10.8. The van der Waals surface area contributed by atoms with Gasteiger partial charge in [0.2, 0.25) is 5.16 Å². The smallest absolute Gasteiger partial charge is 0.209 e. The highest BCUT2D eigenvalue weighted by Gasteiger charge is 2.07. The van der Waals surface area contributed by atoms with Crippen LogP contribution in [0.1, 0.15) is 11.1 Å². The quantitative estimate of drug-likeness (QED) is 0.826. The van der Waals surface area contributed by atoms with Crippen LogP contribution in [0.5, 0.6) is 0 Å². The molecule has 0 unspecified atom stereocenters. The van der Waals surface area contributed by atoms with E-state index in [4.69, 9.17) is 5.73 Å². The Labute approximate surface area is 102 Å². The molecule has 1 aromatic heterocycles. The van der Waals surface area contributed by atoms with Crippen LogP contribution in [0.3, 0.4) is 0 Å². The molecule has 5 nitrogen and oxygen atoms in total. The maximum atomic E-state index is 13.5. The highest BCUT2D eigenvalue weighted by Crippen LogP contribution is 2.21. The molecule has 0 bridgehead atoms. The molecule has 0 aliphatic rings. The molecule has 0 aliphatic carbocycles. The monoisotopic (exact) mass is 253 g/mol. The lowest BCUT2D eigenvalue weighted by Gasteiger charge is -2.04. The largest absolute Gasteiger partial charge is 0.326 e. The zero-order chi connectivity index (χ0) is 12.3. The van der Waals surface area contributed by atoms with Crippen LogP contribution in [-0.2, 0) is 19.3 Å². The van der Waals surface area contributed by atoms with Crippen molar-refractivity contribution in [2.45, 2.75) is 17.5 Å². The molecule has 7 heteroatoms. The summed E-state index contributed by atoms with van der Waals surface area (Å²) in [6, 6.07) is 4.90. The van der Waals surface area contributed by atoms with Crippen LogP contribution >= 0.6 is 11.8 Å². The van der Waals surface area contributed by atoms with Crippen molar-refractivity contribution in [3.8, 4) is 0 Å². The molecule has 2 aromatic rings. The maximum absolute atomic E-state index is 13.5. The second-order valence-electron chi connectivity index (χ2n) is 3.50. The van der Waals surface area contributed by atoms with Crippen molar-refractivity contribution < 1.29 is 4.39 Å². The number of rotatable bonds is 4. The summed E-state index contributed by atoms with van der Waals surface area (Å²) >= 11 is 1.39. The van der Waals surface area contributed by atoms with Gasteiger partial charge in [-0.15, -0.1) is 5.10 Å². The van der Waals surface area contributed by atoms with E-state index in [1.54, 1.807) is 23.9 Å². The molecular formula is C10H12FN5S. The van der Waals surface area contributed by atoms with Crippen LogP contribution in [0, 0.1) is 5.82 Å². The summed E-state index contributed by atoms with van der Waals surface area (Å²) in [6.45, 7) is 0.406. The topological polar surface area (TPSA) is 69.6 Å². The number of nitrogens with zero attached hydrogens (tertiary/aromatic N) is 4. The number of halogens is 1. The first-order valence-corrected chi connectivity index (χ1v) is 6.02. The number of nitrogens with two attached hydrogens (primary N) is 1. The highest BCUT2D eigenvalue weighted by atomic mass is 32.2. The maximum Gasteiger partial charge on any atom is 0.209 e. The minimum atomic E-state index is -0.232. The van der Waals surface area contributed by atoms with Gasteiger partial charge in [-0.1, -0.05) is 23.9 Å². The van der Waals surface area contributed by atoms with Gasteiger partial charge in [-0.3, -0.25) is 0 Å². The molecule has 0 spiro atoms. The average Bonchev–Trinajstić information content (AvgIpc) is 2.74. The summed E-state index contributed by atoms with van der Waals surface area (Å²) in [6.07, 6.45) is 0. The van der Waals surface area contributed by atoms with Gasteiger partial charge in [-0.05, 0) is 27.6 Å². The SMILES string of the molecule is Cn1nnnc1SCc1cc(CN)ccc1F. The first-order chi connectivity index (χ1) is 8.20. The second-order valence-corrected chi connectivity index (χ2v) is 4.45. The Morgan fingerprint density at radius 2 is 2.29 bits per heavy atom. The van der Waals surface area contributed by atoms with E-state index < -0.39 is 0 Å². The van der Waals surface area contributed by atoms with Crippen molar-refractivity contribution in [2.24, 2.45) is 12.8 Å². The van der Waals surface area contributed by atoms with Gasteiger partial charge < -0.3 is 5.73 Å². The van der Waals surface area contributed by atoms with Crippen molar-refractivity contribution in [1.29, 1.82) is 0 Å². The Kier molecular flexibility index (Phi) is 3.70. The van der Waals surface area contributed by atoms with Gasteiger partial charge in [0.25, 0.3) is 0 Å². The molecule has 0 amide bonds. The van der Waals surface area contributed by atoms with Crippen LogP contribution in [-0.4, -0.2) is 20.2 Å². The zero-order valence-corrected chi connectivity index (χ0v) is 10.1. The van der Waals surface area contributed by atoms with E-state index in [1.807, 2.05) is 0 Å². The third kappa shape index (κ3) is 2.80. The predicted molar refractivity (Wildman–Crippen MR) is 62.7 cm³/mol. The van der Waals surface area contributed by atoms with Crippen molar-refractivity contribution >= 4 is 11.8 Å². The lowest BCUT2D eigenvalue weighted by molar-refractivity contribution is 0.616. The minimum Gasteiger partial charge on any atom is -0.326 e. The van der Waals surface area contributed by atoms with Crippen LogP contribution in [0.25, 0.3) is 0 Å². The summed E-state index contributed by atoms with van der Waals surface area (Å²) in [5, 5.41) is 11.7. The lowest BCUT2D eigenvalue weighted by Crippen LogP contribution is -1.99. The zero-order valence-electron chi connectivity index (χ0n) is 9.30. The molecular weight excluding hydrogens is 241 g/mol. The minimum absolute atomic E-state index is 0.232. The van der Waals surface area contributed by atoms with Crippen molar-refractivity contribution in [1.82, 2.24) is 20.2 Å². The summed E-state index contributed by atoms with van der Waals surface area (Å²) in [5.41, 5.74) is 7.04. The van der Waals surface area contributed by atoms with Gasteiger partial charge in [0.1, 0.15) is 5.82 Å². The van der Waals surface area contributed by atoms with E-state index in [-0.39, 0.29) is 5.82 Å². The third-order valence-corrected chi connectivity index (χ3v) is 3.34. The van der Waals surface area contributed by atoms with Crippen LogP contribution in [0.15, 0.2) is 23.4 Å². The van der Waals surface area contributed by atoms with Crippen LogP contribution in [0.2, 0.25) is 0 Å². The standard InChI is InChI=1S/C10H12FN5S/c1-16-10(13-14-15-16)17-6-8-4-7(5-12)2-3-9(8)11/h2-4H,5-6,12H2,1H3. The average molecular weight is 253 g/mol. The lowest BCUT2D eigenvalue weighted by atomic mass is 10.1. The van der Waals surface area contributed by atoms with E-state index >= 15 is 0 Å². The van der Waals surface area contributed by atoms with E-state index in [9.17, 15) is 4.39 Å². The fourth-order valence-electron chi connectivity index (χ4n) is 1.35. The van der Waals surface area contributed by atoms with Gasteiger partial charge in [-0.2, -0.15) is 0 Å². The molecule has 90 valence electrons. The van der Waals surface area contributed by atoms with E-state index in [1.165, 1.54) is 17.8 Å². The molecule has 2 N–H and O–H groups in total. The van der Waals surface area contributed by atoms with E-state index in [0.717, 1.165) is 5.56 Å². The molecule has 0 atom stereocenters. The predicted octanol–water partition coefficient (Wildman–Crippen LogP) is 1.10. The van der Waals surface area contributed by atoms with Crippen molar-refractivity contribution in [3.63, 3.8) is 0 Å². The Balaban J connectivity index is 2.11. The Morgan fingerprint density at radius 3 is 2.94 bits per heavy atom. The Hall–Kier alpha value is -1.47. The highest BCUT2D eigenvalue weighted by molar-refractivity contribution is 7.98. The van der Waals surface area contributed by atoms with Gasteiger partial charge >= 0.3 is 0 Å². The Bertz CT molecular complexity index is 513. The molecule has 1 heterocycles. The molecule has 0 radical (unpaired) electrons. The van der Waals surface area contributed by atoms with Gasteiger partial charge in [-0.25, -0.2) is 9.07 Å². The number of aromatic nitrogens is 4. The number of hydrogen-bond acceptors (Lipinski definition) is 5. The summed E-state index contributed by atoms with van der Waals surface area (Å²) in [5.74, 6) is 0.248. The number of tetrazole rings is 1. The fourth-order valence-corrected chi connectivity index (χ4v) is 2.17. The van der Waals surface area contributed by atoms with Crippen molar-refractivity contribution in [2.75, 3.05) is 0 Å². The van der Waals surface area contributed by atoms with Gasteiger partial charge in [0.15, 0.2) is 0 Å². The fraction of sp³-hybridized carbons (Fsp3) is 0.300. The second kappa shape index (κ2) is 5.24. The molecule has 0 aliphatic heterocycles. The van der Waals surface area contributed by atoms with Crippen LogP contribution in [0.4, 0.5) is 4.39 Å². The Morgan fingerprint density at radius 1 is 1.47 bits per heavy atom. The van der Waals surface area contributed by atoms with Crippen molar-refractivity contribution in [3.05, 3.63) is 35.1 Å². The first kappa shape index (κ1) is 12.0. The molecule has 17 heavy (non-hydrogen) atoms. The number of aryl methyl sites for hydroxylation is 1. The van der Waals surface area contributed by atoms with E-state index in [2.05, 4.69) is 15.5 Å². The van der Waals surface area contributed by atoms with Crippen LogP contribution < -0.4 is 5.73 Å². The van der Waals surface area contributed by atoms with Gasteiger partial charge in [0, 0.05) is 19.3 Å².